The summed E-state index contributed by atoms with van der Waals surface area (Å²) < 4.78 is 25.7. The van der Waals surface area contributed by atoms with E-state index in [0.29, 0.717) is 5.56 Å². The molecule has 2 rings (SSSR count). The fourth-order valence-electron chi connectivity index (χ4n) is 2.09. The molecule has 8 heteroatoms. The normalized spacial score (nSPS) is 13.0. The zero-order valence-corrected chi connectivity index (χ0v) is 15.3. The van der Waals surface area contributed by atoms with Gasteiger partial charge < -0.3 is 10.4 Å². The van der Waals surface area contributed by atoms with Gasteiger partial charge in [-0.1, -0.05) is 12.1 Å². The Bertz CT molecular complexity index is 815. The summed E-state index contributed by atoms with van der Waals surface area (Å²) in [5.41, 5.74) is 0.804. The number of aryl methyl sites for hydroxylation is 1. The molecule has 24 heavy (non-hydrogen) atoms. The highest BCUT2D eigenvalue weighted by molar-refractivity contribution is 7.89. The van der Waals surface area contributed by atoms with E-state index in [9.17, 15) is 18.3 Å². The smallest absolute Gasteiger partial charge is 0.251 e. The van der Waals surface area contributed by atoms with Crippen LogP contribution in [0.25, 0.3) is 0 Å². The number of hydrogen-bond donors (Lipinski definition) is 2. The summed E-state index contributed by atoms with van der Waals surface area (Å²) in [6, 6.07) is 8.13. The maximum atomic E-state index is 12.3. The Balaban J connectivity index is 2.16. The molecule has 1 aromatic heterocycles. The quantitative estimate of drug-likeness (QED) is 0.814. The van der Waals surface area contributed by atoms with Crippen LogP contribution in [-0.2, 0) is 10.0 Å². The van der Waals surface area contributed by atoms with Crippen molar-refractivity contribution < 1.29 is 18.3 Å². The van der Waals surface area contributed by atoms with Crippen LogP contribution in [0.1, 0.15) is 26.9 Å². The Morgan fingerprint density at radius 3 is 2.62 bits per heavy atom. The van der Waals surface area contributed by atoms with Crippen molar-refractivity contribution in [2.75, 3.05) is 20.6 Å². The first-order chi connectivity index (χ1) is 11.2. The van der Waals surface area contributed by atoms with Gasteiger partial charge in [-0.15, -0.1) is 11.3 Å². The monoisotopic (exact) mass is 368 g/mol. The highest BCUT2D eigenvalue weighted by Gasteiger charge is 2.21. The van der Waals surface area contributed by atoms with E-state index in [4.69, 9.17) is 0 Å². The van der Waals surface area contributed by atoms with E-state index in [1.165, 1.54) is 31.5 Å². The first-order valence-electron chi connectivity index (χ1n) is 7.26. The number of nitrogens with one attached hydrogen (secondary N) is 1. The summed E-state index contributed by atoms with van der Waals surface area (Å²) in [6.07, 6.45) is -0.788. The van der Waals surface area contributed by atoms with Gasteiger partial charge in [-0.2, -0.15) is 0 Å². The third-order valence-corrected chi connectivity index (χ3v) is 6.47. The number of aliphatic hydroxyl groups excluding tert-OH is 1. The molecule has 1 atom stereocenters. The van der Waals surface area contributed by atoms with Gasteiger partial charge in [0.2, 0.25) is 10.0 Å². The van der Waals surface area contributed by atoms with Crippen molar-refractivity contribution in [3.63, 3.8) is 0 Å². The molecule has 1 aromatic carbocycles. The lowest BCUT2D eigenvalue weighted by Crippen LogP contribution is -2.29. The summed E-state index contributed by atoms with van der Waals surface area (Å²) in [5, 5.41) is 14.5. The zero-order chi connectivity index (χ0) is 17.9. The molecule has 6 nitrogen and oxygen atoms in total. The lowest BCUT2D eigenvalue weighted by Gasteiger charge is -2.15. The van der Waals surface area contributed by atoms with Crippen LogP contribution >= 0.6 is 11.3 Å². The van der Waals surface area contributed by atoms with E-state index in [-0.39, 0.29) is 17.0 Å². The van der Waals surface area contributed by atoms with E-state index >= 15 is 0 Å². The molecule has 0 saturated carbocycles. The molecule has 130 valence electrons. The molecule has 0 aliphatic rings. The predicted octanol–water partition coefficient (Wildman–Crippen LogP) is 1.77. The second-order valence-electron chi connectivity index (χ2n) is 5.51. The van der Waals surface area contributed by atoms with Crippen LogP contribution in [0, 0.1) is 6.92 Å². The molecular formula is C16H20N2O4S2. The van der Waals surface area contributed by atoms with Gasteiger partial charge in [0.15, 0.2) is 0 Å². The molecule has 0 bridgehead atoms. The molecule has 1 unspecified atom stereocenters. The minimum absolute atomic E-state index is 0.0585. The third kappa shape index (κ3) is 4.02. The SMILES string of the molecule is Cc1ccc(C(=O)NCC(O)c2cccs2)cc1S(=O)(=O)N(C)C. The van der Waals surface area contributed by atoms with Crippen molar-refractivity contribution in [2.24, 2.45) is 0 Å². The van der Waals surface area contributed by atoms with Gasteiger partial charge in [0.1, 0.15) is 6.10 Å². The molecule has 0 saturated heterocycles. The molecule has 0 aliphatic heterocycles. The van der Waals surface area contributed by atoms with Gasteiger partial charge in [-0.3, -0.25) is 4.79 Å². The molecule has 0 radical (unpaired) electrons. The second kappa shape index (κ2) is 7.43. The Labute approximate surface area is 145 Å². The largest absolute Gasteiger partial charge is 0.386 e. The van der Waals surface area contributed by atoms with Crippen LogP contribution in [0.5, 0.6) is 0 Å². The van der Waals surface area contributed by atoms with E-state index in [0.717, 1.165) is 9.18 Å². The van der Waals surface area contributed by atoms with E-state index in [1.54, 1.807) is 25.1 Å². The number of carbonyl (C=O) groups is 1. The first-order valence-corrected chi connectivity index (χ1v) is 9.58. The van der Waals surface area contributed by atoms with Gasteiger partial charge in [-0.05, 0) is 36.1 Å². The number of sulfonamides is 1. The highest BCUT2D eigenvalue weighted by Crippen LogP contribution is 2.21. The average molecular weight is 368 g/mol. The molecule has 0 fully saturated rings. The van der Waals surface area contributed by atoms with Crippen molar-refractivity contribution in [1.82, 2.24) is 9.62 Å². The Morgan fingerprint density at radius 1 is 1.33 bits per heavy atom. The number of benzene rings is 1. The number of thiophene rings is 1. The minimum atomic E-state index is -3.62. The van der Waals surface area contributed by atoms with Gasteiger partial charge in [0.05, 0.1) is 4.90 Å². The van der Waals surface area contributed by atoms with Crippen LogP contribution in [0.15, 0.2) is 40.6 Å². The second-order valence-corrected chi connectivity index (χ2v) is 8.61. The summed E-state index contributed by atoms with van der Waals surface area (Å²) in [4.78, 5) is 13.1. The van der Waals surface area contributed by atoms with Crippen molar-refractivity contribution in [2.45, 2.75) is 17.9 Å². The molecule has 1 amide bonds. The zero-order valence-electron chi connectivity index (χ0n) is 13.7. The molecule has 1 heterocycles. The summed E-state index contributed by atoms with van der Waals surface area (Å²) in [7, 11) is -0.738. The standard InChI is InChI=1S/C16H20N2O4S2/c1-11-6-7-12(9-15(11)24(21,22)18(2)3)16(20)17-10-13(19)14-5-4-8-23-14/h4-9,13,19H,10H2,1-3H3,(H,17,20). The van der Waals surface area contributed by atoms with Crippen molar-refractivity contribution in [1.29, 1.82) is 0 Å². The van der Waals surface area contributed by atoms with Gasteiger partial charge in [-0.25, -0.2) is 12.7 Å². The van der Waals surface area contributed by atoms with Crippen LogP contribution in [0.3, 0.4) is 0 Å². The number of amides is 1. The molecule has 2 N–H and O–H groups in total. The number of aliphatic hydroxyl groups is 1. The highest BCUT2D eigenvalue weighted by atomic mass is 32.2. The molecule has 0 aliphatic carbocycles. The van der Waals surface area contributed by atoms with E-state index < -0.39 is 22.0 Å². The van der Waals surface area contributed by atoms with Crippen LogP contribution in [0.4, 0.5) is 0 Å². The Hall–Kier alpha value is -1.74. The van der Waals surface area contributed by atoms with Crippen molar-refractivity contribution >= 4 is 27.3 Å². The topological polar surface area (TPSA) is 86.7 Å². The van der Waals surface area contributed by atoms with Crippen LogP contribution in [-0.4, -0.2) is 44.4 Å². The Morgan fingerprint density at radius 2 is 2.04 bits per heavy atom. The van der Waals surface area contributed by atoms with E-state index in [1.807, 2.05) is 11.4 Å². The molecule has 2 aromatic rings. The Kier molecular flexibility index (Phi) is 5.76. The maximum absolute atomic E-state index is 12.3. The first kappa shape index (κ1) is 18.6. The molecular weight excluding hydrogens is 348 g/mol. The van der Waals surface area contributed by atoms with Gasteiger partial charge in [0, 0.05) is 31.1 Å². The fraction of sp³-hybridized carbons (Fsp3) is 0.312. The van der Waals surface area contributed by atoms with Gasteiger partial charge in [0.25, 0.3) is 5.91 Å². The summed E-state index contributed by atoms with van der Waals surface area (Å²) in [5.74, 6) is -0.430. The van der Waals surface area contributed by atoms with E-state index in [2.05, 4.69) is 5.32 Å². The number of carbonyl (C=O) groups excluding carboxylic acids is 1. The number of rotatable bonds is 6. The lowest BCUT2D eigenvalue weighted by atomic mass is 10.1. The maximum Gasteiger partial charge on any atom is 0.251 e. The van der Waals surface area contributed by atoms with Crippen LogP contribution < -0.4 is 5.32 Å². The van der Waals surface area contributed by atoms with Crippen molar-refractivity contribution in [3.05, 3.63) is 51.7 Å². The van der Waals surface area contributed by atoms with Gasteiger partial charge >= 0.3 is 0 Å². The van der Waals surface area contributed by atoms with Crippen molar-refractivity contribution in [3.8, 4) is 0 Å². The summed E-state index contributed by atoms with van der Waals surface area (Å²) >= 11 is 1.40. The summed E-state index contributed by atoms with van der Waals surface area (Å²) in [6.45, 7) is 1.74. The fourth-order valence-corrected chi connectivity index (χ4v) is 3.94. The predicted molar refractivity (Wildman–Crippen MR) is 93.7 cm³/mol. The lowest BCUT2D eigenvalue weighted by molar-refractivity contribution is 0.0918. The van der Waals surface area contributed by atoms with Crippen LogP contribution in [0.2, 0.25) is 0 Å². The minimum Gasteiger partial charge on any atom is -0.386 e. The third-order valence-electron chi connectivity index (χ3n) is 3.54. The number of nitrogens with zero attached hydrogens (tertiary/aromatic N) is 1. The molecule has 0 spiro atoms. The average Bonchev–Trinajstić information content (AvgIpc) is 3.06. The number of hydrogen-bond acceptors (Lipinski definition) is 5.